The number of likely N-dealkylation sites (tertiary alicyclic amines) is 1. The second kappa shape index (κ2) is 3.81. The quantitative estimate of drug-likeness (QED) is 0.787. The monoisotopic (exact) mass is 228 g/mol. The molecule has 0 aromatic carbocycles. The lowest BCUT2D eigenvalue weighted by atomic mass is 10.1. The minimum Gasteiger partial charge on any atom is -0.321 e. The molecule has 15 heavy (non-hydrogen) atoms. The minimum atomic E-state index is -1.23. The number of hydrogen-bond acceptors (Lipinski definition) is 2. The van der Waals surface area contributed by atoms with Crippen molar-refractivity contribution in [1.29, 1.82) is 0 Å². The van der Waals surface area contributed by atoms with Crippen LogP contribution in [0.2, 0.25) is 0 Å². The van der Waals surface area contributed by atoms with Crippen LogP contribution < -0.4 is 5.32 Å². The molecule has 0 spiro atoms. The molecule has 1 fully saturated rings. The molecule has 0 unspecified atom stereocenters. The predicted molar refractivity (Wildman–Crippen MR) is 59.0 cm³/mol. The smallest absolute Gasteiger partial charge is 0.321 e. The molecular formula is C10H13FN2OS. The van der Waals surface area contributed by atoms with Gasteiger partial charge >= 0.3 is 6.03 Å². The van der Waals surface area contributed by atoms with Crippen LogP contribution in [0.3, 0.4) is 0 Å². The SMILES string of the molecule is C[C@]1(F)CCN(C(=O)Nc2ccsc2)C1. The summed E-state index contributed by atoms with van der Waals surface area (Å²) in [6.07, 6.45) is 0.421. The van der Waals surface area contributed by atoms with Gasteiger partial charge in [-0.15, -0.1) is 0 Å². The summed E-state index contributed by atoms with van der Waals surface area (Å²) in [6.45, 7) is 2.21. The number of thiophene rings is 1. The molecule has 1 saturated heterocycles. The summed E-state index contributed by atoms with van der Waals surface area (Å²) in [7, 11) is 0. The van der Waals surface area contributed by atoms with Gasteiger partial charge in [0, 0.05) is 18.3 Å². The van der Waals surface area contributed by atoms with Crippen LogP contribution in [0.5, 0.6) is 0 Å². The summed E-state index contributed by atoms with van der Waals surface area (Å²) in [4.78, 5) is 13.2. The standard InChI is InChI=1S/C10H13FN2OS/c1-10(11)3-4-13(7-10)9(14)12-8-2-5-15-6-8/h2,5-6H,3-4,7H2,1H3,(H,12,14)/t10-/m0/s1. The highest BCUT2D eigenvalue weighted by Gasteiger charge is 2.35. The van der Waals surface area contributed by atoms with E-state index < -0.39 is 5.67 Å². The third-order valence-corrected chi connectivity index (χ3v) is 3.17. The highest BCUT2D eigenvalue weighted by molar-refractivity contribution is 7.08. The van der Waals surface area contributed by atoms with Crippen LogP contribution in [0.15, 0.2) is 16.8 Å². The van der Waals surface area contributed by atoms with Gasteiger partial charge in [0.2, 0.25) is 0 Å². The summed E-state index contributed by atoms with van der Waals surface area (Å²) in [5.41, 5.74) is -0.455. The van der Waals surface area contributed by atoms with Crippen molar-refractivity contribution in [2.24, 2.45) is 0 Å². The van der Waals surface area contributed by atoms with Gasteiger partial charge in [-0.25, -0.2) is 9.18 Å². The maximum atomic E-state index is 13.5. The van der Waals surface area contributed by atoms with Crippen molar-refractivity contribution in [3.05, 3.63) is 16.8 Å². The van der Waals surface area contributed by atoms with Crippen molar-refractivity contribution in [2.75, 3.05) is 18.4 Å². The molecule has 1 N–H and O–H groups in total. The molecule has 1 aromatic rings. The first-order valence-corrected chi connectivity index (χ1v) is 5.78. The van der Waals surface area contributed by atoms with E-state index in [1.165, 1.54) is 23.2 Å². The second-order valence-electron chi connectivity index (χ2n) is 4.03. The van der Waals surface area contributed by atoms with Crippen LogP contribution >= 0.6 is 11.3 Å². The molecule has 0 aliphatic carbocycles. The van der Waals surface area contributed by atoms with Gasteiger partial charge in [0.05, 0.1) is 12.2 Å². The van der Waals surface area contributed by atoms with Crippen LogP contribution in [0, 0.1) is 0 Å². The van der Waals surface area contributed by atoms with Crippen LogP contribution in [0.4, 0.5) is 14.9 Å². The van der Waals surface area contributed by atoms with Crippen molar-refractivity contribution >= 4 is 23.1 Å². The van der Waals surface area contributed by atoms with Gasteiger partial charge < -0.3 is 10.2 Å². The van der Waals surface area contributed by atoms with Gasteiger partial charge in [-0.05, 0) is 18.4 Å². The number of halogens is 1. The maximum absolute atomic E-state index is 13.5. The second-order valence-corrected chi connectivity index (χ2v) is 4.81. The third kappa shape index (κ3) is 2.47. The van der Waals surface area contributed by atoms with Gasteiger partial charge in [0.15, 0.2) is 0 Å². The number of urea groups is 1. The Bertz CT molecular complexity index is 350. The fraction of sp³-hybridized carbons (Fsp3) is 0.500. The molecule has 0 bridgehead atoms. The summed E-state index contributed by atoms with van der Waals surface area (Å²) in [6, 6.07) is 1.61. The Balaban J connectivity index is 1.93. The number of carbonyl (C=O) groups is 1. The normalized spacial score (nSPS) is 25.6. The van der Waals surface area contributed by atoms with Crippen molar-refractivity contribution in [3.8, 4) is 0 Å². The molecule has 2 heterocycles. The van der Waals surface area contributed by atoms with E-state index >= 15 is 0 Å². The zero-order valence-electron chi connectivity index (χ0n) is 8.50. The Hall–Kier alpha value is -1.10. The molecule has 82 valence electrons. The van der Waals surface area contributed by atoms with Gasteiger partial charge in [-0.2, -0.15) is 11.3 Å². The van der Waals surface area contributed by atoms with E-state index in [-0.39, 0.29) is 12.6 Å². The van der Waals surface area contributed by atoms with Crippen LogP contribution in [0.25, 0.3) is 0 Å². The molecule has 0 radical (unpaired) electrons. The van der Waals surface area contributed by atoms with Gasteiger partial charge in [0.25, 0.3) is 0 Å². The summed E-state index contributed by atoms with van der Waals surface area (Å²) in [5.74, 6) is 0. The van der Waals surface area contributed by atoms with Crippen molar-refractivity contribution in [3.63, 3.8) is 0 Å². The number of nitrogens with one attached hydrogen (secondary N) is 1. The third-order valence-electron chi connectivity index (χ3n) is 2.48. The lowest BCUT2D eigenvalue weighted by Crippen LogP contribution is -2.35. The van der Waals surface area contributed by atoms with Gasteiger partial charge in [-0.1, -0.05) is 0 Å². The highest BCUT2D eigenvalue weighted by Crippen LogP contribution is 2.25. The Morgan fingerprint density at radius 2 is 2.53 bits per heavy atom. The molecule has 1 aliphatic heterocycles. The predicted octanol–water partition coefficient (Wildman–Crippen LogP) is 2.71. The Morgan fingerprint density at radius 1 is 1.73 bits per heavy atom. The fourth-order valence-corrected chi connectivity index (χ4v) is 2.22. The molecule has 1 atom stereocenters. The number of anilines is 1. The lowest BCUT2D eigenvalue weighted by molar-refractivity contribution is 0.186. The summed E-state index contributed by atoms with van der Waals surface area (Å²) >= 11 is 1.52. The molecular weight excluding hydrogens is 215 g/mol. The number of rotatable bonds is 1. The average Bonchev–Trinajstić information content (AvgIpc) is 2.74. The molecule has 3 nitrogen and oxygen atoms in total. The van der Waals surface area contributed by atoms with E-state index in [2.05, 4.69) is 5.32 Å². The van der Waals surface area contributed by atoms with Crippen LogP contribution in [-0.2, 0) is 0 Å². The topological polar surface area (TPSA) is 32.3 Å². The molecule has 2 rings (SSSR count). The highest BCUT2D eigenvalue weighted by atomic mass is 32.1. The number of carbonyl (C=O) groups excluding carboxylic acids is 1. The molecule has 0 saturated carbocycles. The van der Waals surface area contributed by atoms with E-state index in [0.717, 1.165) is 5.69 Å². The minimum absolute atomic E-state index is 0.184. The average molecular weight is 228 g/mol. The van der Waals surface area contributed by atoms with Crippen LogP contribution in [0.1, 0.15) is 13.3 Å². The first kappa shape index (κ1) is 10.4. The van der Waals surface area contributed by atoms with Crippen molar-refractivity contribution in [1.82, 2.24) is 4.90 Å². The van der Waals surface area contributed by atoms with E-state index in [9.17, 15) is 9.18 Å². The van der Waals surface area contributed by atoms with Gasteiger partial charge in [0.1, 0.15) is 5.67 Å². The fourth-order valence-electron chi connectivity index (χ4n) is 1.64. The molecule has 1 aliphatic rings. The zero-order valence-corrected chi connectivity index (χ0v) is 9.31. The Labute approximate surface area is 91.9 Å². The Kier molecular flexibility index (Phi) is 2.65. The van der Waals surface area contributed by atoms with Crippen molar-refractivity contribution in [2.45, 2.75) is 19.0 Å². The first-order valence-electron chi connectivity index (χ1n) is 4.84. The zero-order chi connectivity index (χ0) is 10.9. The molecule has 1 aromatic heterocycles. The Morgan fingerprint density at radius 3 is 3.07 bits per heavy atom. The van der Waals surface area contributed by atoms with E-state index in [1.54, 1.807) is 0 Å². The number of alkyl halides is 1. The maximum Gasteiger partial charge on any atom is 0.321 e. The number of amides is 2. The van der Waals surface area contributed by atoms with Crippen molar-refractivity contribution < 1.29 is 9.18 Å². The lowest BCUT2D eigenvalue weighted by Gasteiger charge is -2.17. The van der Waals surface area contributed by atoms with E-state index in [0.29, 0.717) is 13.0 Å². The number of nitrogens with zero attached hydrogens (tertiary/aromatic N) is 1. The summed E-state index contributed by atoms with van der Waals surface area (Å²) in [5, 5.41) is 6.47. The molecule has 5 heteroatoms. The molecule has 2 amide bonds. The first-order chi connectivity index (χ1) is 7.07. The van der Waals surface area contributed by atoms with Crippen LogP contribution in [-0.4, -0.2) is 29.7 Å². The van der Waals surface area contributed by atoms with E-state index in [1.807, 2.05) is 16.8 Å². The summed E-state index contributed by atoms with van der Waals surface area (Å²) < 4.78 is 13.5. The van der Waals surface area contributed by atoms with E-state index in [4.69, 9.17) is 0 Å². The van der Waals surface area contributed by atoms with Gasteiger partial charge in [-0.3, -0.25) is 0 Å². The largest absolute Gasteiger partial charge is 0.321 e. The number of hydrogen-bond donors (Lipinski definition) is 1.